The van der Waals surface area contributed by atoms with Crippen LogP contribution in [0.15, 0.2) is 29.1 Å². The zero-order chi connectivity index (χ0) is 9.26. The van der Waals surface area contributed by atoms with E-state index in [1.165, 1.54) is 5.69 Å². The fourth-order valence-corrected chi connectivity index (χ4v) is 1.39. The number of aromatic nitrogens is 2. The lowest BCUT2D eigenvalue weighted by Crippen LogP contribution is -2.02. The van der Waals surface area contributed by atoms with E-state index in [9.17, 15) is 0 Å². The normalized spacial score (nSPS) is 10.6. The lowest BCUT2D eigenvalue weighted by molar-refractivity contribution is 0.558. The molecule has 0 bridgehead atoms. The van der Waals surface area contributed by atoms with Gasteiger partial charge in [0.25, 0.3) is 0 Å². The molecule has 0 fully saturated rings. The summed E-state index contributed by atoms with van der Waals surface area (Å²) >= 11 is 0. The second kappa shape index (κ2) is 3.09. The van der Waals surface area contributed by atoms with Gasteiger partial charge in [-0.25, -0.2) is 0 Å². The lowest BCUT2D eigenvalue weighted by Gasteiger charge is -2.00. The Morgan fingerprint density at radius 3 is 2.85 bits per heavy atom. The van der Waals surface area contributed by atoms with E-state index in [1.807, 2.05) is 17.7 Å². The molecule has 3 nitrogen and oxygen atoms in total. The van der Waals surface area contributed by atoms with Crippen LogP contribution in [0.1, 0.15) is 17.0 Å². The molecule has 0 atom stereocenters. The van der Waals surface area contributed by atoms with Crippen LogP contribution in [0.25, 0.3) is 0 Å². The van der Waals surface area contributed by atoms with Crippen LogP contribution in [0, 0.1) is 13.8 Å². The van der Waals surface area contributed by atoms with Gasteiger partial charge in [-0.1, -0.05) is 0 Å². The molecule has 0 N–H and O–H groups in total. The molecule has 2 rings (SSSR count). The molecular weight excluding hydrogens is 164 g/mol. The van der Waals surface area contributed by atoms with Gasteiger partial charge in [-0.15, -0.1) is 0 Å². The Morgan fingerprint density at radius 2 is 2.31 bits per heavy atom. The summed E-state index contributed by atoms with van der Waals surface area (Å²) in [5.41, 5.74) is 3.38. The van der Waals surface area contributed by atoms with Gasteiger partial charge in [-0.2, -0.15) is 5.10 Å². The topological polar surface area (TPSA) is 31.0 Å². The lowest BCUT2D eigenvalue weighted by atomic mass is 10.3. The predicted molar refractivity (Wildman–Crippen MR) is 49.5 cm³/mol. The monoisotopic (exact) mass is 176 g/mol. The molecule has 0 unspecified atom stereocenters. The molecule has 0 radical (unpaired) electrons. The van der Waals surface area contributed by atoms with Gasteiger partial charge in [0, 0.05) is 11.3 Å². The van der Waals surface area contributed by atoms with Crippen LogP contribution in [-0.2, 0) is 6.54 Å². The summed E-state index contributed by atoms with van der Waals surface area (Å²) in [6.07, 6.45) is 3.43. The van der Waals surface area contributed by atoms with Gasteiger partial charge in [-0.3, -0.25) is 4.68 Å². The minimum Gasteiger partial charge on any atom is -0.472 e. The Hall–Kier alpha value is -1.51. The van der Waals surface area contributed by atoms with Gasteiger partial charge in [-0.05, 0) is 26.0 Å². The molecule has 0 aromatic carbocycles. The van der Waals surface area contributed by atoms with Crippen molar-refractivity contribution in [1.82, 2.24) is 9.78 Å². The van der Waals surface area contributed by atoms with E-state index in [2.05, 4.69) is 18.1 Å². The van der Waals surface area contributed by atoms with Crippen molar-refractivity contribution in [3.05, 3.63) is 41.6 Å². The van der Waals surface area contributed by atoms with E-state index in [0.717, 1.165) is 17.8 Å². The Labute approximate surface area is 77.0 Å². The standard InChI is InChI=1S/C10H12N2O/c1-8-5-9(2)12(11-8)6-10-3-4-13-7-10/h3-5,7H,6H2,1-2H3. The van der Waals surface area contributed by atoms with Crippen LogP contribution in [-0.4, -0.2) is 9.78 Å². The summed E-state index contributed by atoms with van der Waals surface area (Å²) in [6, 6.07) is 4.02. The molecule has 0 aliphatic carbocycles. The van der Waals surface area contributed by atoms with Gasteiger partial charge in [0.05, 0.1) is 24.8 Å². The second-order valence-electron chi connectivity index (χ2n) is 3.22. The van der Waals surface area contributed by atoms with Crippen LogP contribution in [0.2, 0.25) is 0 Å². The molecule has 0 amide bonds. The maximum Gasteiger partial charge on any atom is 0.0953 e. The summed E-state index contributed by atoms with van der Waals surface area (Å²) < 4.78 is 6.96. The number of rotatable bonds is 2. The molecule has 2 aromatic rings. The van der Waals surface area contributed by atoms with Crippen molar-refractivity contribution >= 4 is 0 Å². The van der Waals surface area contributed by atoms with E-state index in [1.54, 1.807) is 12.5 Å². The minimum atomic E-state index is 0.788. The zero-order valence-electron chi connectivity index (χ0n) is 7.82. The number of hydrogen-bond donors (Lipinski definition) is 0. The summed E-state index contributed by atoms with van der Waals surface area (Å²) in [6.45, 7) is 4.84. The Bertz CT molecular complexity index is 387. The Morgan fingerprint density at radius 1 is 1.46 bits per heavy atom. The van der Waals surface area contributed by atoms with Crippen molar-refractivity contribution < 1.29 is 4.42 Å². The van der Waals surface area contributed by atoms with Gasteiger partial charge in [0.2, 0.25) is 0 Å². The van der Waals surface area contributed by atoms with Crippen molar-refractivity contribution in [3.63, 3.8) is 0 Å². The van der Waals surface area contributed by atoms with Gasteiger partial charge >= 0.3 is 0 Å². The first-order chi connectivity index (χ1) is 6.25. The highest BCUT2D eigenvalue weighted by Gasteiger charge is 2.01. The Kier molecular flexibility index (Phi) is 1.93. The smallest absolute Gasteiger partial charge is 0.0953 e. The third-order valence-corrected chi connectivity index (χ3v) is 2.02. The number of hydrogen-bond acceptors (Lipinski definition) is 2. The maximum absolute atomic E-state index is 4.99. The van der Waals surface area contributed by atoms with Gasteiger partial charge in [0.1, 0.15) is 0 Å². The molecule has 0 saturated carbocycles. The minimum absolute atomic E-state index is 0.788. The SMILES string of the molecule is Cc1cc(C)n(Cc2ccoc2)n1. The van der Waals surface area contributed by atoms with E-state index in [4.69, 9.17) is 4.42 Å². The first kappa shape index (κ1) is 8.10. The van der Waals surface area contributed by atoms with Crippen LogP contribution in [0.3, 0.4) is 0 Å². The first-order valence-corrected chi connectivity index (χ1v) is 4.28. The number of aryl methyl sites for hydroxylation is 2. The molecule has 0 spiro atoms. The molecule has 2 heterocycles. The summed E-state index contributed by atoms with van der Waals surface area (Å²) in [5, 5.41) is 4.36. The predicted octanol–water partition coefficient (Wildman–Crippen LogP) is 2.14. The van der Waals surface area contributed by atoms with Crippen molar-refractivity contribution in [1.29, 1.82) is 0 Å². The fraction of sp³-hybridized carbons (Fsp3) is 0.300. The van der Waals surface area contributed by atoms with Gasteiger partial charge in [0.15, 0.2) is 0 Å². The van der Waals surface area contributed by atoms with Crippen molar-refractivity contribution in [3.8, 4) is 0 Å². The highest BCUT2D eigenvalue weighted by molar-refractivity contribution is 5.11. The average molecular weight is 176 g/mol. The first-order valence-electron chi connectivity index (χ1n) is 4.28. The fourth-order valence-electron chi connectivity index (χ4n) is 1.39. The summed E-state index contributed by atoms with van der Waals surface area (Å²) in [4.78, 5) is 0. The van der Waals surface area contributed by atoms with Crippen LogP contribution < -0.4 is 0 Å². The summed E-state index contributed by atoms with van der Waals surface area (Å²) in [7, 11) is 0. The number of furan rings is 1. The highest BCUT2D eigenvalue weighted by Crippen LogP contribution is 2.07. The highest BCUT2D eigenvalue weighted by atomic mass is 16.3. The zero-order valence-corrected chi connectivity index (χ0v) is 7.82. The van der Waals surface area contributed by atoms with Crippen molar-refractivity contribution in [2.75, 3.05) is 0 Å². The third-order valence-electron chi connectivity index (χ3n) is 2.02. The summed E-state index contributed by atoms with van der Waals surface area (Å²) in [5.74, 6) is 0. The molecule has 0 aliphatic heterocycles. The van der Waals surface area contributed by atoms with Gasteiger partial charge < -0.3 is 4.42 Å². The molecule has 68 valence electrons. The van der Waals surface area contributed by atoms with Crippen LogP contribution >= 0.6 is 0 Å². The molecule has 0 aliphatic rings. The van der Waals surface area contributed by atoms with E-state index >= 15 is 0 Å². The van der Waals surface area contributed by atoms with E-state index < -0.39 is 0 Å². The largest absolute Gasteiger partial charge is 0.472 e. The molecule has 3 heteroatoms. The van der Waals surface area contributed by atoms with Crippen LogP contribution in [0.5, 0.6) is 0 Å². The second-order valence-corrected chi connectivity index (χ2v) is 3.22. The molecule has 0 saturated heterocycles. The Balaban J connectivity index is 2.23. The quantitative estimate of drug-likeness (QED) is 0.702. The number of nitrogens with zero attached hydrogens (tertiary/aromatic N) is 2. The maximum atomic E-state index is 4.99. The third kappa shape index (κ3) is 1.64. The molecular formula is C10H12N2O. The van der Waals surface area contributed by atoms with Crippen molar-refractivity contribution in [2.24, 2.45) is 0 Å². The average Bonchev–Trinajstić information content (AvgIpc) is 2.63. The van der Waals surface area contributed by atoms with Crippen LogP contribution in [0.4, 0.5) is 0 Å². The molecule has 2 aromatic heterocycles. The van der Waals surface area contributed by atoms with E-state index in [0.29, 0.717) is 0 Å². The molecule has 13 heavy (non-hydrogen) atoms. The van der Waals surface area contributed by atoms with E-state index in [-0.39, 0.29) is 0 Å². The van der Waals surface area contributed by atoms with Crippen molar-refractivity contribution in [2.45, 2.75) is 20.4 Å².